The van der Waals surface area contributed by atoms with Gasteiger partial charge in [-0.1, -0.05) is 17.3 Å². The highest BCUT2D eigenvalue weighted by molar-refractivity contribution is 6.52. The van der Waals surface area contributed by atoms with E-state index < -0.39 is 23.1 Å². The van der Waals surface area contributed by atoms with Crippen LogP contribution in [0.25, 0.3) is 11.0 Å². The summed E-state index contributed by atoms with van der Waals surface area (Å²) in [5.41, 5.74) is 0.983. The van der Waals surface area contributed by atoms with Crippen molar-refractivity contribution in [2.24, 2.45) is 0 Å². The van der Waals surface area contributed by atoms with Gasteiger partial charge in [0.1, 0.15) is 29.5 Å². The number of aromatic nitrogens is 3. The van der Waals surface area contributed by atoms with E-state index in [0.717, 1.165) is 6.07 Å². The van der Waals surface area contributed by atoms with Crippen LogP contribution in [0.5, 0.6) is 5.75 Å². The molecule has 0 aliphatic carbocycles. The number of carbonyl (C=O) groups is 2. The second kappa shape index (κ2) is 8.30. The first-order valence-corrected chi connectivity index (χ1v) is 10.2. The number of amides is 1. The fourth-order valence-electron chi connectivity index (χ4n) is 3.75. The zero-order valence-corrected chi connectivity index (χ0v) is 17.2. The van der Waals surface area contributed by atoms with E-state index in [2.05, 4.69) is 10.3 Å². The monoisotopic (exact) mass is 448 g/mol. The minimum atomic E-state index is -0.702. The van der Waals surface area contributed by atoms with Gasteiger partial charge in [0.25, 0.3) is 11.7 Å². The number of para-hydroxylation sites is 1. The molecule has 0 bridgehead atoms. The van der Waals surface area contributed by atoms with Gasteiger partial charge in [-0.3, -0.25) is 14.3 Å². The number of benzene rings is 2. The Morgan fingerprint density at radius 1 is 1.03 bits per heavy atom. The molecule has 0 spiro atoms. The maximum absolute atomic E-state index is 13.4. The summed E-state index contributed by atoms with van der Waals surface area (Å²) in [5, 5.41) is 8.79. The van der Waals surface area contributed by atoms with Crippen molar-refractivity contribution in [1.29, 1.82) is 0 Å². The third-order valence-electron chi connectivity index (χ3n) is 5.28. The molecule has 0 radical (unpaired) electrons. The van der Waals surface area contributed by atoms with Crippen molar-refractivity contribution in [2.75, 3.05) is 11.4 Å². The van der Waals surface area contributed by atoms with Crippen molar-refractivity contribution in [3.05, 3.63) is 82.2 Å². The highest BCUT2D eigenvalue weighted by Crippen LogP contribution is 2.29. The summed E-state index contributed by atoms with van der Waals surface area (Å²) >= 11 is 0. The molecule has 0 unspecified atom stereocenters. The van der Waals surface area contributed by atoms with Crippen LogP contribution in [-0.4, -0.2) is 33.2 Å². The van der Waals surface area contributed by atoms with Crippen molar-refractivity contribution >= 4 is 28.3 Å². The van der Waals surface area contributed by atoms with Crippen LogP contribution in [-0.2, 0) is 17.9 Å². The van der Waals surface area contributed by atoms with Crippen LogP contribution >= 0.6 is 0 Å². The molecule has 166 valence electrons. The molecule has 9 nitrogen and oxygen atoms in total. The smallest absolute Gasteiger partial charge is 0.339 e. The Bertz CT molecular complexity index is 1440. The van der Waals surface area contributed by atoms with Gasteiger partial charge in [-0.25, -0.2) is 9.18 Å². The Balaban J connectivity index is 1.20. The summed E-state index contributed by atoms with van der Waals surface area (Å²) < 4.78 is 25.9. The first-order chi connectivity index (χ1) is 16.0. The largest absolute Gasteiger partial charge is 0.486 e. The standard InChI is InChI=1S/C23H17FN4O5/c24-14-6-7-18-17(10-14)22(30)23(31)28(18)9-3-8-27-12-15(25-26-27)13-32-20-11-21(29)33-19-5-2-1-4-16(19)20/h1-2,4-7,10-12H,3,8-9,13H2. The van der Waals surface area contributed by atoms with Crippen LogP contribution in [0.15, 0.2) is 63.9 Å². The molecule has 0 N–H and O–H groups in total. The van der Waals surface area contributed by atoms with Crippen molar-refractivity contribution < 1.29 is 23.1 Å². The second-order valence-corrected chi connectivity index (χ2v) is 7.49. The number of ether oxygens (including phenoxy) is 1. The molecule has 4 aromatic rings. The molecular weight excluding hydrogens is 431 g/mol. The van der Waals surface area contributed by atoms with Gasteiger partial charge in [0.05, 0.1) is 28.9 Å². The van der Waals surface area contributed by atoms with Crippen LogP contribution < -0.4 is 15.3 Å². The van der Waals surface area contributed by atoms with E-state index in [9.17, 15) is 18.8 Å². The molecule has 3 heterocycles. The average molecular weight is 448 g/mol. The molecule has 1 aliphatic rings. The molecule has 1 aliphatic heterocycles. The summed E-state index contributed by atoms with van der Waals surface area (Å²) in [6.45, 7) is 0.825. The molecule has 10 heteroatoms. The van der Waals surface area contributed by atoms with Gasteiger partial charge in [0, 0.05) is 13.1 Å². The second-order valence-electron chi connectivity index (χ2n) is 7.49. The van der Waals surface area contributed by atoms with Crippen LogP contribution in [0.3, 0.4) is 0 Å². The lowest BCUT2D eigenvalue weighted by Gasteiger charge is -2.16. The number of halogens is 1. The fourth-order valence-corrected chi connectivity index (χ4v) is 3.75. The Labute approximate surface area is 186 Å². The predicted molar refractivity (Wildman–Crippen MR) is 115 cm³/mol. The van der Waals surface area contributed by atoms with E-state index in [0.29, 0.717) is 41.1 Å². The van der Waals surface area contributed by atoms with Crippen LogP contribution in [0.1, 0.15) is 22.5 Å². The summed E-state index contributed by atoms with van der Waals surface area (Å²) in [6, 6.07) is 12.1. The predicted octanol–water partition coefficient (Wildman–Crippen LogP) is 2.72. The van der Waals surface area contributed by atoms with Crippen LogP contribution in [0.4, 0.5) is 10.1 Å². The first kappa shape index (κ1) is 20.6. The summed E-state index contributed by atoms with van der Waals surface area (Å²) in [6.07, 6.45) is 2.21. The van der Waals surface area contributed by atoms with Gasteiger partial charge in [-0.2, -0.15) is 0 Å². The third kappa shape index (κ3) is 3.98. The number of hydrogen-bond acceptors (Lipinski definition) is 7. The number of nitrogens with zero attached hydrogens (tertiary/aromatic N) is 4. The topological polar surface area (TPSA) is 108 Å². The van der Waals surface area contributed by atoms with E-state index in [-0.39, 0.29) is 18.7 Å². The highest BCUT2D eigenvalue weighted by atomic mass is 19.1. The molecular formula is C23H17FN4O5. The molecule has 0 atom stereocenters. The summed E-state index contributed by atoms with van der Waals surface area (Å²) in [7, 11) is 0. The Kier molecular flexibility index (Phi) is 5.17. The maximum atomic E-state index is 13.4. The SMILES string of the molecule is O=C1C(=O)N(CCCn2cc(COc3cc(=O)oc4ccccc34)nn2)c2ccc(F)cc21. The number of fused-ring (bicyclic) bond motifs is 2. The van der Waals surface area contributed by atoms with Crippen molar-refractivity contribution in [3.63, 3.8) is 0 Å². The van der Waals surface area contributed by atoms with Crippen molar-refractivity contribution in [3.8, 4) is 5.75 Å². The van der Waals surface area contributed by atoms with E-state index in [1.165, 1.54) is 23.1 Å². The molecule has 1 amide bonds. The number of hydrogen-bond donors (Lipinski definition) is 0. The van der Waals surface area contributed by atoms with Gasteiger partial charge < -0.3 is 14.1 Å². The molecule has 2 aromatic carbocycles. The molecule has 0 fully saturated rings. The molecule has 5 rings (SSSR count). The van der Waals surface area contributed by atoms with Crippen LogP contribution in [0, 0.1) is 5.82 Å². The molecule has 2 aromatic heterocycles. The van der Waals surface area contributed by atoms with E-state index >= 15 is 0 Å². The Hall–Kier alpha value is -4.34. The lowest BCUT2D eigenvalue weighted by molar-refractivity contribution is -0.114. The fraction of sp³-hybridized carbons (Fsp3) is 0.174. The van der Waals surface area contributed by atoms with E-state index in [4.69, 9.17) is 9.15 Å². The lowest BCUT2D eigenvalue weighted by Crippen LogP contribution is -2.31. The molecule has 33 heavy (non-hydrogen) atoms. The Morgan fingerprint density at radius 2 is 1.88 bits per heavy atom. The quantitative estimate of drug-likeness (QED) is 0.316. The average Bonchev–Trinajstić information content (AvgIpc) is 3.35. The minimum absolute atomic E-state index is 0.0858. The number of aryl methyl sites for hydroxylation is 1. The van der Waals surface area contributed by atoms with E-state index in [1.807, 2.05) is 6.07 Å². The maximum Gasteiger partial charge on any atom is 0.339 e. The van der Waals surface area contributed by atoms with Gasteiger partial charge in [-0.15, -0.1) is 5.10 Å². The number of anilines is 1. The highest BCUT2D eigenvalue weighted by Gasteiger charge is 2.35. The van der Waals surface area contributed by atoms with E-state index in [1.54, 1.807) is 29.1 Å². The summed E-state index contributed by atoms with van der Waals surface area (Å²) in [4.78, 5) is 37.4. The zero-order chi connectivity index (χ0) is 22.9. The van der Waals surface area contributed by atoms with Crippen molar-refractivity contribution in [1.82, 2.24) is 15.0 Å². The van der Waals surface area contributed by atoms with Gasteiger partial charge in [0.2, 0.25) is 0 Å². The normalized spacial score (nSPS) is 13.1. The Morgan fingerprint density at radius 3 is 2.76 bits per heavy atom. The van der Waals surface area contributed by atoms with Gasteiger partial charge in [0.15, 0.2) is 0 Å². The third-order valence-corrected chi connectivity index (χ3v) is 5.28. The zero-order valence-electron chi connectivity index (χ0n) is 17.2. The summed E-state index contributed by atoms with van der Waals surface area (Å²) in [5.74, 6) is -1.53. The number of Topliss-reactive ketones (excluding diaryl/α,β-unsaturated/α-hetero) is 1. The van der Waals surface area contributed by atoms with Gasteiger partial charge in [-0.05, 0) is 36.8 Å². The minimum Gasteiger partial charge on any atom is -0.486 e. The molecule has 0 saturated heterocycles. The lowest BCUT2D eigenvalue weighted by atomic mass is 10.1. The van der Waals surface area contributed by atoms with Crippen molar-refractivity contribution in [2.45, 2.75) is 19.6 Å². The molecule has 0 saturated carbocycles. The van der Waals surface area contributed by atoms with Crippen LogP contribution in [0.2, 0.25) is 0 Å². The number of rotatable bonds is 7. The number of carbonyl (C=O) groups excluding carboxylic acids is 2. The first-order valence-electron chi connectivity index (χ1n) is 10.2. The number of ketones is 1. The van der Waals surface area contributed by atoms with Gasteiger partial charge >= 0.3 is 5.63 Å².